The van der Waals surface area contributed by atoms with E-state index in [0.717, 1.165) is 44.7 Å². The molecule has 7 heteroatoms. The van der Waals surface area contributed by atoms with Crippen molar-refractivity contribution in [3.63, 3.8) is 0 Å². The fourth-order valence-electron chi connectivity index (χ4n) is 3.06. The van der Waals surface area contributed by atoms with Crippen LogP contribution in [-0.4, -0.2) is 40.4 Å². The molecule has 1 saturated heterocycles. The van der Waals surface area contributed by atoms with E-state index in [-0.39, 0.29) is 0 Å². The van der Waals surface area contributed by atoms with E-state index >= 15 is 0 Å². The number of benzene rings is 1. The van der Waals surface area contributed by atoms with Crippen LogP contribution in [-0.2, 0) is 6.54 Å². The zero-order chi connectivity index (χ0) is 16.9. The minimum absolute atomic E-state index is 0.395. The van der Waals surface area contributed by atoms with Crippen molar-refractivity contribution in [3.05, 3.63) is 42.5 Å². The maximum atomic E-state index is 13.4. The largest absolute Gasteiger partial charge is 0.371 e. The molecule has 0 unspecified atom stereocenters. The first kappa shape index (κ1) is 16.8. The lowest BCUT2D eigenvalue weighted by molar-refractivity contribution is 0.420. The molecule has 2 aromatic rings. The fourth-order valence-corrected chi connectivity index (χ4v) is 3.06. The molecule has 24 heavy (non-hydrogen) atoms. The topological polar surface area (TPSA) is 46.0 Å². The molecule has 2 atom stereocenters. The van der Waals surface area contributed by atoms with Crippen LogP contribution >= 0.6 is 0 Å². The van der Waals surface area contributed by atoms with Gasteiger partial charge in [0, 0.05) is 37.4 Å². The first-order chi connectivity index (χ1) is 11.6. The predicted octanol–water partition coefficient (Wildman–Crippen LogP) is 2.45. The number of hydrogen-bond donors (Lipinski definition) is 1. The zero-order valence-corrected chi connectivity index (χ0v) is 13.8. The number of aromatic nitrogens is 3. The third kappa shape index (κ3) is 4.29. The summed E-state index contributed by atoms with van der Waals surface area (Å²) in [6.07, 6.45) is 5.32. The number of hydrogen-bond acceptors (Lipinski definition) is 4. The summed E-state index contributed by atoms with van der Waals surface area (Å²) in [5, 5.41) is 7.65. The number of nitrogens with one attached hydrogen (secondary N) is 1. The molecular weight excluding hydrogens is 312 g/mol. The van der Waals surface area contributed by atoms with Gasteiger partial charge in [-0.05, 0) is 44.4 Å². The van der Waals surface area contributed by atoms with Gasteiger partial charge in [0.25, 0.3) is 0 Å². The Bertz CT molecular complexity index is 646. The number of nitrogens with zero attached hydrogens (tertiary/aromatic N) is 4. The van der Waals surface area contributed by atoms with Crippen molar-refractivity contribution >= 4 is 5.69 Å². The third-order valence-corrected chi connectivity index (χ3v) is 4.57. The van der Waals surface area contributed by atoms with Crippen LogP contribution in [0.4, 0.5) is 14.5 Å². The highest BCUT2D eigenvalue weighted by Crippen LogP contribution is 2.25. The lowest BCUT2D eigenvalue weighted by Crippen LogP contribution is -2.33. The van der Waals surface area contributed by atoms with Gasteiger partial charge in [-0.15, -0.1) is 0 Å². The Kier molecular flexibility index (Phi) is 5.40. The molecule has 1 fully saturated rings. The summed E-state index contributed by atoms with van der Waals surface area (Å²) in [6, 6.07) is 4.52. The average Bonchev–Trinajstić information content (AvgIpc) is 3.25. The minimum atomic E-state index is -0.794. The number of rotatable bonds is 7. The van der Waals surface area contributed by atoms with E-state index in [4.69, 9.17) is 0 Å². The highest BCUT2D eigenvalue weighted by Gasteiger charge is 2.23. The first-order valence-electron chi connectivity index (χ1n) is 8.37. The third-order valence-electron chi connectivity index (χ3n) is 4.57. The molecule has 1 aromatic carbocycles. The van der Waals surface area contributed by atoms with Crippen LogP contribution in [0.5, 0.6) is 0 Å². The number of anilines is 1. The SMILES string of the molecule is C[C@@H](CCn1cncn1)NC[C@H]1CCN(c2ccc(F)c(F)c2)C1. The lowest BCUT2D eigenvalue weighted by Gasteiger charge is -2.20. The Morgan fingerprint density at radius 2 is 2.21 bits per heavy atom. The standard InChI is InChI=1S/C17H23F2N5/c1-13(4-7-24-12-20-11-22-24)21-9-14-5-6-23(10-14)15-2-3-16(18)17(19)8-15/h2-3,8,11-14,21H,4-7,9-10H2,1H3/t13-,14+/m0/s1. The molecule has 0 saturated carbocycles. The van der Waals surface area contributed by atoms with Crippen LogP contribution in [0.3, 0.4) is 0 Å². The second-order valence-electron chi connectivity index (χ2n) is 6.46. The van der Waals surface area contributed by atoms with E-state index in [1.54, 1.807) is 18.7 Å². The van der Waals surface area contributed by atoms with Gasteiger partial charge in [-0.25, -0.2) is 13.8 Å². The molecule has 130 valence electrons. The Morgan fingerprint density at radius 3 is 2.96 bits per heavy atom. The molecule has 0 spiro atoms. The van der Waals surface area contributed by atoms with Crippen LogP contribution in [0.2, 0.25) is 0 Å². The highest BCUT2D eigenvalue weighted by molar-refractivity contribution is 5.47. The minimum Gasteiger partial charge on any atom is -0.371 e. The summed E-state index contributed by atoms with van der Waals surface area (Å²) in [4.78, 5) is 6.05. The molecule has 0 aliphatic carbocycles. The second-order valence-corrected chi connectivity index (χ2v) is 6.46. The molecule has 1 N–H and O–H groups in total. The molecular formula is C17H23F2N5. The van der Waals surface area contributed by atoms with Gasteiger partial charge in [0.2, 0.25) is 0 Å². The highest BCUT2D eigenvalue weighted by atomic mass is 19.2. The van der Waals surface area contributed by atoms with Crippen molar-refractivity contribution in [3.8, 4) is 0 Å². The molecule has 0 bridgehead atoms. The normalized spacial score (nSPS) is 19.0. The number of aryl methyl sites for hydroxylation is 1. The van der Waals surface area contributed by atoms with Crippen molar-refractivity contribution in [2.24, 2.45) is 5.92 Å². The van der Waals surface area contributed by atoms with Crippen LogP contribution in [0.1, 0.15) is 19.8 Å². The molecule has 2 heterocycles. The second kappa shape index (κ2) is 7.70. The monoisotopic (exact) mass is 335 g/mol. The Morgan fingerprint density at radius 1 is 1.33 bits per heavy atom. The van der Waals surface area contributed by atoms with Gasteiger partial charge in [-0.2, -0.15) is 5.10 Å². The molecule has 1 aliphatic rings. The Balaban J connectivity index is 1.41. The Labute approximate surface area is 140 Å². The van der Waals surface area contributed by atoms with Crippen molar-refractivity contribution in [2.75, 3.05) is 24.5 Å². The average molecular weight is 335 g/mol. The summed E-state index contributed by atoms with van der Waals surface area (Å²) >= 11 is 0. The van der Waals surface area contributed by atoms with Crippen molar-refractivity contribution in [2.45, 2.75) is 32.4 Å². The van der Waals surface area contributed by atoms with Gasteiger partial charge in [0.1, 0.15) is 12.7 Å². The van der Waals surface area contributed by atoms with Crippen LogP contribution in [0, 0.1) is 17.6 Å². The van der Waals surface area contributed by atoms with Crippen LogP contribution < -0.4 is 10.2 Å². The summed E-state index contributed by atoms with van der Waals surface area (Å²) < 4.78 is 28.2. The van der Waals surface area contributed by atoms with E-state index in [0.29, 0.717) is 12.0 Å². The zero-order valence-electron chi connectivity index (χ0n) is 13.8. The van der Waals surface area contributed by atoms with E-state index in [9.17, 15) is 8.78 Å². The summed E-state index contributed by atoms with van der Waals surface area (Å²) in [7, 11) is 0. The van der Waals surface area contributed by atoms with Gasteiger partial charge >= 0.3 is 0 Å². The first-order valence-corrected chi connectivity index (χ1v) is 8.37. The summed E-state index contributed by atoms with van der Waals surface area (Å²) in [6.45, 7) is 5.69. The van der Waals surface area contributed by atoms with E-state index in [2.05, 4.69) is 27.2 Å². The van der Waals surface area contributed by atoms with Gasteiger partial charge in [-0.1, -0.05) is 0 Å². The van der Waals surface area contributed by atoms with E-state index in [1.165, 1.54) is 12.1 Å². The maximum Gasteiger partial charge on any atom is 0.160 e. The van der Waals surface area contributed by atoms with Gasteiger partial charge in [0.15, 0.2) is 11.6 Å². The quantitative estimate of drug-likeness (QED) is 0.844. The van der Waals surface area contributed by atoms with Crippen LogP contribution in [0.25, 0.3) is 0 Å². The van der Waals surface area contributed by atoms with Crippen LogP contribution in [0.15, 0.2) is 30.9 Å². The predicted molar refractivity (Wildman–Crippen MR) is 88.8 cm³/mol. The van der Waals surface area contributed by atoms with Crippen molar-refractivity contribution in [1.82, 2.24) is 20.1 Å². The van der Waals surface area contributed by atoms with Crippen molar-refractivity contribution < 1.29 is 8.78 Å². The molecule has 1 aliphatic heterocycles. The van der Waals surface area contributed by atoms with Crippen molar-refractivity contribution in [1.29, 1.82) is 0 Å². The van der Waals surface area contributed by atoms with E-state index in [1.807, 2.05) is 4.68 Å². The van der Waals surface area contributed by atoms with Gasteiger partial charge in [0.05, 0.1) is 0 Å². The molecule has 0 radical (unpaired) electrons. The van der Waals surface area contributed by atoms with E-state index < -0.39 is 11.6 Å². The number of halogens is 2. The Hall–Kier alpha value is -2.02. The summed E-state index contributed by atoms with van der Waals surface area (Å²) in [5.41, 5.74) is 0.760. The maximum absolute atomic E-state index is 13.4. The molecule has 5 nitrogen and oxygen atoms in total. The lowest BCUT2D eigenvalue weighted by atomic mass is 10.1. The fraction of sp³-hybridized carbons (Fsp3) is 0.529. The molecule has 1 aromatic heterocycles. The smallest absolute Gasteiger partial charge is 0.160 e. The molecule has 0 amide bonds. The van der Waals surface area contributed by atoms with Gasteiger partial charge < -0.3 is 10.2 Å². The summed E-state index contributed by atoms with van der Waals surface area (Å²) in [5.74, 6) is -1.06. The molecule has 3 rings (SSSR count). The van der Waals surface area contributed by atoms with Gasteiger partial charge in [-0.3, -0.25) is 4.68 Å².